The fourth-order valence-electron chi connectivity index (χ4n) is 1.37. The summed E-state index contributed by atoms with van der Waals surface area (Å²) in [5, 5.41) is 3.32. The number of carbonyl (C=O) groups excluding carboxylic acids is 1. The highest BCUT2D eigenvalue weighted by Gasteiger charge is 2.12. The molecular weight excluding hydrogens is 273 g/mol. The Bertz CT molecular complexity index is 581. The van der Waals surface area contributed by atoms with Gasteiger partial charge < -0.3 is 11.1 Å². The first kappa shape index (κ1) is 12.7. The largest absolute Gasteiger partial charge is 0.399 e. The van der Waals surface area contributed by atoms with Gasteiger partial charge in [-0.2, -0.15) is 0 Å². The monoisotopic (exact) mass is 281 g/mol. The molecule has 0 radical (unpaired) electrons. The maximum Gasteiger partial charge on any atom is 0.274 e. The smallest absolute Gasteiger partial charge is 0.274 e. The van der Waals surface area contributed by atoms with Gasteiger partial charge in [0.05, 0.1) is 15.7 Å². The Kier molecular flexibility index (Phi) is 3.69. The van der Waals surface area contributed by atoms with E-state index in [2.05, 4.69) is 10.3 Å². The molecular formula is C12H9Cl2N3O. The Morgan fingerprint density at radius 3 is 2.50 bits per heavy atom. The predicted molar refractivity (Wildman–Crippen MR) is 73.1 cm³/mol. The van der Waals surface area contributed by atoms with E-state index < -0.39 is 5.91 Å². The van der Waals surface area contributed by atoms with Crippen molar-refractivity contribution in [3.63, 3.8) is 0 Å². The minimum atomic E-state index is -0.419. The van der Waals surface area contributed by atoms with Crippen LogP contribution in [0.5, 0.6) is 0 Å². The number of hydrogen-bond acceptors (Lipinski definition) is 3. The molecule has 1 aromatic carbocycles. The van der Waals surface area contributed by atoms with E-state index >= 15 is 0 Å². The molecule has 1 amide bonds. The van der Waals surface area contributed by atoms with Crippen LogP contribution in [0.3, 0.4) is 0 Å². The van der Waals surface area contributed by atoms with E-state index in [0.29, 0.717) is 21.4 Å². The molecule has 0 aliphatic heterocycles. The molecule has 2 aromatic rings. The lowest BCUT2D eigenvalue weighted by atomic mass is 10.2. The third-order valence-electron chi connectivity index (χ3n) is 2.22. The molecule has 0 aliphatic carbocycles. The van der Waals surface area contributed by atoms with E-state index in [4.69, 9.17) is 28.9 Å². The van der Waals surface area contributed by atoms with Crippen LogP contribution in [0.15, 0.2) is 36.5 Å². The lowest BCUT2D eigenvalue weighted by Crippen LogP contribution is -2.14. The highest BCUT2D eigenvalue weighted by atomic mass is 35.5. The summed E-state index contributed by atoms with van der Waals surface area (Å²) in [7, 11) is 0. The molecule has 2 rings (SSSR count). The van der Waals surface area contributed by atoms with Crippen LogP contribution in [0.4, 0.5) is 11.4 Å². The number of benzene rings is 1. The zero-order valence-corrected chi connectivity index (χ0v) is 10.7. The maximum absolute atomic E-state index is 11.9. The number of rotatable bonds is 2. The highest BCUT2D eigenvalue weighted by molar-refractivity contribution is 6.39. The number of pyridine rings is 1. The average Bonchev–Trinajstić information content (AvgIpc) is 2.34. The number of anilines is 2. The Hall–Kier alpha value is -1.78. The number of nitrogens with zero attached hydrogens (tertiary/aromatic N) is 1. The van der Waals surface area contributed by atoms with Crippen molar-refractivity contribution in [1.29, 1.82) is 0 Å². The topological polar surface area (TPSA) is 68.0 Å². The van der Waals surface area contributed by atoms with Gasteiger partial charge in [0.25, 0.3) is 5.91 Å². The normalized spacial score (nSPS) is 10.1. The van der Waals surface area contributed by atoms with Crippen LogP contribution in [-0.4, -0.2) is 10.9 Å². The van der Waals surface area contributed by atoms with Crippen molar-refractivity contribution in [2.75, 3.05) is 11.1 Å². The Labute approximate surface area is 114 Å². The van der Waals surface area contributed by atoms with Gasteiger partial charge >= 0.3 is 0 Å². The molecule has 6 heteroatoms. The van der Waals surface area contributed by atoms with Crippen LogP contribution in [0.1, 0.15) is 10.5 Å². The van der Waals surface area contributed by atoms with Crippen molar-refractivity contribution >= 4 is 40.5 Å². The van der Waals surface area contributed by atoms with Crippen molar-refractivity contribution in [3.05, 3.63) is 52.3 Å². The molecule has 0 aliphatic rings. The van der Waals surface area contributed by atoms with E-state index in [9.17, 15) is 4.79 Å². The Balaban J connectivity index is 2.27. The molecule has 92 valence electrons. The van der Waals surface area contributed by atoms with E-state index in [1.807, 2.05) is 0 Å². The Morgan fingerprint density at radius 1 is 1.22 bits per heavy atom. The van der Waals surface area contributed by atoms with Gasteiger partial charge in [-0.3, -0.25) is 9.78 Å². The molecule has 1 aromatic heterocycles. The lowest BCUT2D eigenvalue weighted by Gasteiger charge is -2.08. The van der Waals surface area contributed by atoms with Crippen LogP contribution in [0.25, 0.3) is 0 Å². The average molecular weight is 282 g/mol. The number of halogens is 2. The van der Waals surface area contributed by atoms with Crippen LogP contribution < -0.4 is 11.1 Å². The van der Waals surface area contributed by atoms with Gasteiger partial charge in [0.2, 0.25) is 0 Å². The van der Waals surface area contributed by atoms with Gasteiger partial charge in [0.15, 0.2) is 0 Å². The SMILES string of the molecule is Nc1ccnc(C(=O)Nc2c(Cl)cccc2Cl)c1. The van der Waals surface area contributed by atoms with Gasteiger partial charge in [-0.1, -0.05) is 29.3 Å². The van der Waals surface area contributed by atoms with E-state index in [1.165, 1.54) is 12.3 Å². The van der Waals surface area contributed by atoms with Gasteiger partial charge in [-0.15, -0.1) is 0 Å². The second-order valence-electron chi connectivity index (χ2n) is 3.53. The minimum Gasteiger partial charge on any atom is -0.399 e. The van der Waals surface area contributed by atoms with E-state index in [-0.39, 0.29) is 5.69 Å². The lowest BCUT2D eigenvalue weighted by molar-refractivity contribution is 0.102. The number of amides is 1. The number of aromatic nitrogens is 1. The fraction of sp³-hybridized carbons (Fsp3) is 0. The Morgan fingerprint density at radius 2 is 1.89 bits per heavy atom. The second-order valence-corrected chi connectivity index (χ2v) is 4.34. The van der Waals surface area contributed by atoms with Gasteiger partial charge in [0.1, 0.15) is 5.69 Å². The number of para-hydroxylation sites is 1. The van der Waals surface area contributed by atoms with Crippen molar-refractivity contribution in [3.8, 4) is 0 Å². The molecule has 0 saturated heterocycles. The van der Waals surface area contributed by atoms with Crippen molar-refractivity contribution in [2.24, 2.45) is 0 Å². The fourth-order valence-corrected chi connectivity index (χ4v) is 1.86. The van der Waals surface area contributed by atoms with Crippen molar-refractivity contribution in [1.82, 2.24) is 4.98 Å². The summed E-state index contributed by atoms with van der Waals surface area (Å²) >= 11 is 11.9. The molecule has 0 atom stereocenters. The minimum absolute atomic E-state index is 0.200. The first-order chi connectivity index (χ1) is 8.58. The number of nitrogens with two attached hydrogens (primary N) is 1. The second kappa shape index (κ2) is 5.25. The predicted octanol–water partition coefficient (Wildman–Crippen LogP) is 3.22. The summed E-state index contributed by atoms with van der Waals surface area (Å²) in [5.74, 6) is -0.419. The third-order valence-corrected chi connectivity index (χ3v) is 2.85. The van der Waals surface area contributed by atoms with Gasteiger partial charge in [-0.25, -0.2) is 0 Å². The summed E-state index contributed by atoms with van der Waals surface area (Å²) < 4.78 is 0. The zero-order valence-electron chi connectivity index (χ0n) is 9.15. The number of hydrogen-bond donors (Lipinski definition) is 2. The van der Waals surface area contributed by atoms with E-state index in [1.54, 1.807) is 24.3 Å². The van der Waals surface area contributed by atoms with Crippen molar-refractivity contribution in [2.45, 2.75) is 0 Å². The van der Waals surface area contributed by atoms with Crippen molar-refractivity contribution < 1.29 is 4.79 Å². The summed E-state index contributed by atoms with van der Waals surface area (Å²) in [6.07, 6.45) is 1.46. The molecule has 4 nitrogen and oxygen atoms in total. The molecule has 0 saturated carbocycles. The molecule has 0 fully saturated rings. The molecule has 1 heterocycles. The third kappa shape index (κ3) is 2.72. The zero-order chi connectivity index (χ0) is 13.1. The van der Waals surface area contributed by atoms with Crippen LogP contribution >= 0.6 is 23.2 Å². The summed E-state index contributed by atoms with van der Waals surface area (Å²) in [5.41, 5.74) is 6.59. The molecule has 3 N–H and O–H groups in total. The molecule has 18 heavy (non-hydrogen) atoms. The van der Waals surface area contributed by atoms with Crippen LogP contribution in [-0.2, 0) is 0 Å². The van der Waals surface area contributed by atoms with Crippen LogP contribution in [0.2, 0.25) is 10.0 Å². The van der Waals surface area contributed by atoms with Crippen LogP contribution in [0, 0.1) is 0 Å². The standard InChI is InChI=1S/C12H9Cl2N3O/c13-8-2-1-3-9(14)11(8)17-12(18)10-6-7(15)4-5-16-10/h1-6H,(H2,15,16)(H,17,18). The van der Waals surface area contributed by atoms with Gasteiger partial charge in [0, 0.05) is 11.9 Å². The highest BCUT2D eigenvalue weighted by Crippen LogP contribution is 2.30. The molecule has 0 unspecified atom stereocenters. The summed E-state index contributed by atoms with van der Waals surface area (Å²) in [4.78, 5) is 15.8. The summed E-state index contributed by atoms with van der Waals surface area (Å²) in [6, 6.07) is 8.03. The van der Waals surface area contributed by atoms with Gasteiger partial charge in [-0.05, 0) is 24.3 Å². The maximum atomic E-state index is 11.9. The number of nitrogens with one attached hydrogen (secondary N) is 1. The number of nitrogen functional groups attached to an aromatic ring is 1. The van der Waals surface area contributed by atoms with E-state index in [0.717, 1.165) is 0 Å². The first-order valence-corrected chi connectivity index (χ1v) is 5.80. The molecule has 0 bridgehead atoms. The first-order valence-electron chi connectivity index (χ1n) is 5.05. The quantitative estimate of drug-likeness (QED) is 0.888. The molecule has 0 spiro atoms. The summed E-state index contributed by atoms with van der Waals surface area (Å²) in [6.45, 7) is 0. The number of carbonyl (C=O) groups is 1.